The largest absolute Gasteiger partial charge is 0.383 e. The molecule has 0 radical (unpaired) electrons. The first-order valence-corrected chi connectivity index (χ1v) is 8.84. The Bertz CT molecular complexity index is 547. The number of anilines is 2. The van der Waals surface area contributed by atoms with Crippen molar-refractivity contribution in [1.29, 1.82) is 0 Å². The first kappa shape index (κ1) is 14.5. The van der Waals surface area contributed by atoms with E-state index in [2.05, 4.69) is 25.1 Å². The molecule has 120 valence electrons. The molecule has 0 bridgehead atoms. The van der Waals surface area contributed by atoms with Gasteiger partial charge in [0, 0.05) is 32.2 Å². The SMILES string of the molecule is CNc1c(Cl)ncnc1N1CCC2C(CCCN2C2CC2)C1. The van der Waals surface area contributed by atoms with Crippen molar-refractivity contribution in [1.82, 2.24) is 14.9 Å². The van der Waals surface area contributed by atoms with Crippen LogP contribution in [0, 0.1) is 5.92 Å². The van der Waals surface area contributed by atoms with E-state index in [0.717, 1.165) is 42.6 Å². The summed E-state index contributed by atoms with van der Waals surface area (Å²) in [6.45, 7) is 3.47. The van der Waals surface area contributed by atoms with E-state index >= 15 is 0 Å². The maximum absolute atomic E-state index is 6.21. The molecule has 1 aliphatic carbocycles. The van der Waals surface area contributed by atoms with Gasteiger partial charge < -0.3 is 10.2 Å². The topological polar surface area (TPSA) is 44.3 Å². The average molecular weight is 322 g/mol. The van der Waals surface area contributed by atoms with Crippen molar-refractivity contribution in [3.05, 3.63) is 11.5 Å². The predicted molar refractivity (Wildman–Crippen MR) is 89.7 cm³/mol. The lowest BCUT2D eigenvalue weighted by Gasteiger charge is -2.48. The van der Waals surface area contributed by atoms with Crippen LogP contribution in [0.4, 0.5) is 11.5 Å². The third-order valence-electron chi connectivity index (χ3n) is 5.46. The Labute approximate surface area is 137 Å². The number of rotatable bonds is 3. The van der Waals surface area contributed by atoms with E-state index in [-0.39, 0.29) is 0 Å². The van der Waals surface area contributed by atoms with E-state index in [9.17, 15) is 0 Å². The minimum Gasteiger partial charge on any atom is -0.383 e. The number of hydrogen-bond acceptors (Lipinski definition) is 5. The summed E-state index contributed by atoms with van der Waals surface area (Å²) in [4.78, 5) is 13.8. The summed E-state index contributed by atoms with van der Waals surface area (Å²) in [6.07, 6.45) is 8.33. The van der Waals surface area contributed by atoms with Crippen LogP contribution in [0.3, 0.4) is 0 Å². The van der Waals surface area contributed by atoms with Crippen LogP contribution in [-0.4, -0.2) is 53.6 Å². The molecule has 6 heteroatoms. The van der Waals surface area contributed by atoms with E-state index in [4.69, 9.17) is 11.6 Å². The van der Waals surface area contributed by atoms with Crippen molar-refractivity contribution in [2.75, 3.05) is 36.9 Å². The molecule has 3 fully saturated rings. The molecule has 3 heterocycles. The fraction of sp³-hybridized carbons (Fsp3) is 0.750. The average Bonchev–Trinajstić information content (AvgIpc) is 3.38. The third kappa shape index (κ3) is 2.54. The summed E-state index contributed by atoms with van der Waals surface area (Å²) in [5.74, 6) is 1.73. The van der Waals surface area contributed by atoms with Gasteiger partial charge in [0.05, 0.1) is 0 Å². The van der Waals surface area contributed by atoms with Crippen LogP contribution in [0.5, 0.6) is 0 Å². The number of fused-ring (bicyclic) bond motifs is 1. The van der Waals surface area contributed by atoms with Crippen molar-refractivity contribution in [2.24, 2.45) is 5.92 Å². The fourth-order valence-electron chi connectivity index (χ4n) is 4.30. The highest BCUT2D eigenvalue weighted by Crippen LogP contribution is 2.40. The zero-order valence-corrected chi connectivity index (χ0v) is 13.9. The molecule has 0 spiro atoms. The van der Waals surface area contributed by atoms with Crippen molar-refractivity contribution < 1.29 is 0 Å². The Morgan fingerprint density at radius 1 is 1.18 bits per heavy atom. The molecule has 2 atom stereocenters. The molecule has 0 amide bonds. The molecular weight excluding hydrogens is 298 g/mol. The monoisotopic (exact) mass is 321 g/mol. The predicted octanol–water partition coefficient (Wildman–Crippen LogP) is 2.62. The van der Waals surface area contributed by atoms with Gasteiger partial charge in [-0.1, -0.05) is 11.6 Å². The standard InChI is InChI=1S/C16H24ClN5/c1-18-14-15(17)19-10-20-16(14)21-8-6-13-11(9-21)3-2-7-22(13)12-4-5-12/h10-13,18H,2-9H2,1H3. The fourth-order valence-corrected chi connectivity index (χ4v) is 4.53. The molecule has 3 aliphatic rings. The number of likely N-dealkylation sites (tertiary alicyclic amines) is 1. The van der Waals surface area contributed by atoms with Crippen LogP contribution < -0.4 is 10.2 Å². The third-order valence-corrected chi connectivity index (χ3v) is 5.74. The van der Waals surface area contributed by atoms with Crippen LogP contribution in [0.2, 0.25) is 5.15 Å². The maximum atomic E-state index is 6.21. The van der Waals surface area contributed by atoms with Gasteiger partial charge in [-0.3, -0.25) is 4.90 Å². The minimum atomic E-state index is 0.512. The lowest BCUT2D eigenvalue weighted by atomic mass is 9.83. The molecule has 0 aromatic carbocycles. The summed E-state index contributed by atoms with van der Waals surface area (Å²) in [7, 11) is 1.89. The maximum Gasteiger partial charge on any atom is 0.157 e. The molecule has 1 saturated carbocycles. The summed E-state index contributed by atoms with van der Waals surface area (Å²) in [5.41, 5.74) is 0.859. The van der Waals surface area contributed by atoms with Crippen LogP contribution >= 0.6 is 11.6 Å². The van der Waals surface area contributed by atoms with Crippen molar-refractivity contribution in [3.8, 4) is 0 Å². The normalized spacial score (nSPS) is 29.3. The Kier molecular flexibility index (Phi) is 3.86. The van der Waals surface area contributed by atoms with Crippen molar-refractivity contribution in [2.45, 2.75) is 44.2 Å². The van der Waals surface area contributed by atoms with Gasteiger partial charge >= 0.3 is 0 Å². The molecule has 2 saturated heterocycles. The number of aromatic nitrogens is 2. The molecule has 2 unspecified atom stereocenters. The minimum absolute atomic E-state index is 0.512. The van der Waals surface area contributed by atoms with Crippen LogP contribution in [0.25, 0.3) is 0 Å². The highest BCUT2D eigenvalue weighted by Gasteiger charge is 2.42. The van der Waals surface area contributed by atoms with Crippen LogP contribution in [0.1, 0.15) is 32.1 Å². The van der Waals surface area contributed by atoms with Crippen LogP contribution in [0.15, 0.2) is 6.33 Å². The highest BCUT2D eigenvalue weighted by molar-refractivity contribution is 6.32. The molecule has 1 aromatic rings. The molecule has 2 aliphatic heterocycles. The molecular formula is C16H24ClN5. The quantitative estimate of drug-likeness (QED) is 0.867. The first-order chi connectivity index (χ1) is 10.8. The second-order valence-electron chi connectivity index (χ2n) is 6.79. The van der Waals surface area contributed by atoms with E-state index in [1.165, 1.54) is 38.6 Å². The second kappa shape index (κ2) is 5.85. The van der Waals surface area contributed by atoms with Gasteiger partial charge in [0.25, 0.3) is 0 Å². The number of nitrogens with zero attached hydrogens (tertiary/aromatic N) is 4. The summed E-state index contributed by atoms with van der Waals surface area (Å²) in [5, 5.41) is 3.67. The Hall–Kier alpha value is -1.07. The smallest absolute Gasteiger partial charge is 0.157 e. The van der Waals surface area contributed by atoms with Gasteiger partial charge in [0.15, 0.2) is 11.0 Å². The van der Waals surface area contributed by atoms with Crippen molar-refractivity contribution in [3.63, 3.8) is 0 Å². The van der Waals surface area contributed by atoms with E-state index in [1.54, 1.807) is 6.33 Å². The van der Waals surface area contributed by atoms with E-state index in [1.807, 2.05) is 7.05 Å². The Morgan fingerprint density at radius 2 is 2.05 bits per heavy atom. The van der Waals surface area contributed by atoms with Crippen LogP contribution in [-0.2, 0) is 0 Å². The van der Waals surface area contributed by atoms with E-state index < -0.39 is 0 Å². The number of halogens is 1. The van der Waals surface area contributed by atoms with Crippen molar-refractivity contribution >= 4 is 23.1 Å². The second-order valence-corrected chi connectivity index (χ2v) is 7.14. The summed E-state index contributed by atoms with van der Waals surface area (Å²) in [6, 6.07) is 1.67. The van der Waals surface area contributed by atoms with Gasteiger partial charge in [0.2, 0.25) is 0 Å². The number of nitrogens with one attached hydrogen (secondary N) is 1. The van der Waals surface area contributed by atoms with E-state index in [0.29, 0.717) is 5.15 Å². The highest BCUT2D eigenvalue weighted by atomic mass is 35.5. The lowest BCUT2D eigenvalue weighted by molar-refractivity contribution is 0.0696. The first-order valence-electron chi connectivity index (χ1n) is 8.47. The Balaban J connectivity index is 1.53. The number of hydrogen-bond donors (Lipinski definition) is 1. The van der Waals surface area contributed by atoms with Gasteiger partial charge in [-0.25, -0.2) is 9.97 Å². The Morgan fingerprint density at radius 3 is 2.82 bits per heavy atom. The summed E-state index contributed by atoms with van der Waals surface area (Å²) < 4.78 is 0. The van der Waals surface area contributed by atoms with Gasteiger partial charge in [-0.05, 0) is 44.6 Å². The van der Waals surface area contributed by atoms with Gasteiger partial charge in [0.1, 0.15) is 12.0 Å². The number of piperidine rings is 2. The molecule has 1 aromatic heterocycles. The molecule has 5 nitrogen and oxygen atoms in total. The zero-order valence-electron chi connectivity index (χ0n) is 13.1. The molecule has 22 heavy (non-hydrogen) atoms. The van der Waals surface area contributed by atoms with Gasteiger partial charge in [-0.2, -0.15) is 0 Å². The summed E-state index contributed by atoms with van der Waals surface area (Å²) >= 11 is 6.21. The lowest BCUT2D eigenvalue weighted by Crippen LogP contribution is -2.55. The molecule has 4 rings (SSSR count). The molecule has 1 N–H and O–H groups in total. The zero-order chi connectivity index (χ0) is 15.1. The van der Waals surface area contributed by atoms with Gasteiger partial charge in [-0.15, -0.1) is 0 Å².